The van der Waals surface area contributed by atoms with Crippen LogP contribution in [-0.4, -0.2) is 33.8 Å². The summed E-state index contributed by atoms with van der Waals surface area (Å²) in [6.45, 7) is 5.69. The van der Waals surface area contributed by atoms with E-state index in [2.05, 4.69) is 10.4 Å². The molecule has 1 N–H and O–H groups in total. The maximum Gasteiger partial charge on any atom is 0.413 e. The number of halogens is 4. The highest BCUT2D eigenvalue weighted by Gasteiger charge is 2.50. The SMILES string of the molecule is Cn1nc(C2CC(F)(F)C2)c(C(C)(C)C)c1NC(=O)OC1CC(F)(F)C1. The lowest BCUT2D eigenvalue weighted by Gasteiger charge is -2.36. The van der Waals surface area contributed by atoms with Gasteiger partial charge in [0.15, 0.2) is 0 Å². The van der Waals surface area contributed by atoms with Crippen molar-refractivity contribution in [3.8, 4) is 0 Å². The molecule has 0 unspecified atom stereocenters. The van der Waals surface area contributed by atoms with Crippen LogP contribution in [0.1, 0.15) is 63.6 Å². The number of hydrogen-bond donors (Lipinski definition) is 1. The Balaban J connectivity index is 1.78. The summed E-state index contributed by atoms with van der Waals surface area (Å²) in [5, 5.41) is 6.91. The molecule has 0 spiro atoms. The molecule has 0 aliphatic heterocycles. The average Bonchev–Trinajstić information content (AvgIpc) is 2.70. The molecule has 2 aliphatic rings. The Bertz CT molecular complexity index is 708. The maximum absolute atomic E-state index is 13.3. The van der Waals surface area contributed by atoms with Crippen LogP contribution in [0.15, 0.2) is 0 Å². The van der Waals surface area contributed by atoms with Crippen LogP contribution in [0.3, 0.4) is 0 Å². The fraction of sp³-hybridized carbons (Fsp3) is 0.765. The van der Waals surface area contributed by atoms with Crippen LogP contribution in [0, 0.1) is 0 Å². The van der Waals surface area contributed by atoms with Gasteiger partial charge in [-0.05, 0) is 5.41 Å². The molecule has 0 bridgehead atoms. The minimum atomic E-state index is -2.78. The van der Waals surface area contributed by atoms with Gasteiger partial charge in [0.05, 0.1) is 5.69 Å². The Kier molecular flexibility index (Phi) is 4.27. The number of aromatic nitrogens is 2. The molecule has 1 aromatic heterocycles. The summed E-state index contributed by atoms with van der Waals surface area (Å²) >= 11 is 0. The summed E-state index contributed by atoms with van der Waals surface area (Å²) in [6, 6.07) is 0. The summed E-state index contributed by atoms with van der Waals surface area (Å²) in [4.78, 5) is 12.1. The largest absolute Gasteiger partial charge is 0.445 e. The number of carbonyl (C=O) groups is 1. The number of alkyl halides is 4. The van der Waals surface area contributed by atoms with Gasteiger partial charge in [0, 0.05) is 44.2 Å². The van der Waals surface area contributed by atoms with Crippen molar-refractivity contribution in [2.45, 2.75) is 75.7 Å². The van der Waals surface area contributed by atoms with E-state index in [-0.39, 0.29) is 18.8 Å². The second-order valence-corrected chi connectivity index (χ2v) is 8.36. The van der Waals surface area contributed by atoms with Crippen LogP contribution < -0.4 is 5.32 Å². The fourth-order valence-corrected chi connectivity index (χ4v) is 3.54. The van der Waals surface area contributed by atoms with E-state index in [4.69, 9.17) is 4.74 Å². The second-order valence-electron chi connectivity index (χ2n) is 8.36. The van der Waals surface area contributed by atoms with Crippen molar-refractivity contribution in [1.82, 2.24) is 9.78 Å². The predicted molar refractivity (Wildman–Crippen MR) is 86.9 cm³/mol. The number of nitrogens with one attached hydrogen (secondary N) is 1. The number of carbonyl (C=O) groups excluding carboxylic acids is 1. The van der Waals surface area contributed by atoms with E-state index in [0.717, 1.165) is 0 Å². The number of rotatable bonds is 3. The van der Waals surface area contributed by atoms with Crippen molar-refractivity contribution in [2.75, 3.05) is 5.32 Å². The van der Waals surface area contributed by atoms with Crippen LogP contribution in [0.4, 0.5) is 28.2 Å². The third-order valence-electron chi connectivity index (χ3n) is 4.85. The Hall–Kier alpha value is -1.80. The van der Waals surface area contributed by atoms with Crippen LogP contribution >= 0.6 is 0 Å². The van der Waals surface area contributed by atoms with E-state index in [9.17, 15) is 22.4 Å². The van der Waals surface area contributed by atoms with Crippen molar-refractivity contribution in [2.24, 2.45) is 7.05 Å². The van der Waals surface area contributed by atoms with Gasteiger partial charge in [-0.15, -0.1) is 0 Å². The lowest BCUT2D eigenvalue weighted by atomic mass is 9.74. The third kappa shape index (κ3) is 3.66. The standard InChI is InChI=1S/C17H23F4N3O2/c1-15(2,3)11-12(9-5-16(18,19)6-9)23-24(4)13(11)22-14(25)26-10-7-17(20,21)8-10/h9-10H,5-8H2,1-4H3,(H,22,25). The first kappa shape index (κ1) is 19.0. The van der Waals surface area contributed by atoms with Gasteiger partial charge in [0.1, 0.15) is 11.9 Å². The quantitative estimate of drug-likeness (QED) is 0.785. The van der Waals surface area contributed by atoms with Crippen LogP contribution in [0.2, 0.25) is 0 Å². The summed E-state index contributed by atoms with van der Waals surface area (Å²) in [5.41, 5.74) is 0.744. The molecule has 2 fully saturated rings. The number of amides is 1. The molecule has 1 heterocycles. The lowest BCUT2D eigenvalue weighted by molar-refractivity contribution is -0.142. The molecule has 2 aliphatic carbocycles. The number of nitrogens with zero attached hydrogens (tertiary/aromatic N) is 2. The zero-order valence-electron chi connectivity index (χ0n) is 15.2. The van der Waals surface area contributed by atoms with Crippen molar-refractivity contribution < 1.29 is 27.1 Å². The molecule has 26 heavy (non-hydrogen) atoms. The van der Waals surface area contributed by atoms with E-state index >= 15 is 0 Å². The number of anilines is 1. The number of ether oxygens (including phenoxy) is 1. The van der Waals surface area contributed by atoms with Gasteiger partial charge in [0.2, 0.25) is 5.92 Å². The van der Waals surface area contributed by atoms with E-state index in [0.29, 0.717) is 17.1 Å². The molecule has 5 nitrogen and oxygen atoms in total. The Morgan fingerprint density at radius 1 is 1.15 bits per heavy atom. The minimum absolute atomic E-state index is 0.270. The zero-order chi connectivity index (χ0) is 19.5. The molecule has 9 heteroatoms. The van der Waals surface area contributed by atoms with Crippen LogP contribution in [0.25, 0.3) is 0 Å². The molecular weight excluding hydrogens is 354 g/mol. The third-order valence-corrected chi connectivity index (χ3v) is 4.85. The molecule has 0 radical (unpaired) electrons. The molecule has 0 aromatic carbocycles. The van der Waals surface area contributed by atoms with Crippen molar-refractivity contribution in [1.29, 1.82) is 0 Å². The molecular formula is C17H23F4N3O2. The Morgan fingerprint density at radius 2 is 1.69 bits per heavy atom. The normalized spacial score (nSPS) is 22.5. The Labute approximate surface area is 149 Å². The number of aryl methyl sites for hydroxylation is 1. The van der Waals surface area contributed by atoms with E-state index in [1.165, 1.54) is 4.68 Å². The predicted octanol–water partition coefficient (Wildman–Crippen LogP) is 4.58. The molecule has 2 saturated carbocycles. The average molecular weight is 377 g/mol. The van der Waals surface area contributed by atoms with Crippen LogP contribution in [0.5, 0.6) is 0 Å². The van der Waals surface area contributed by atoms with Crippen molar-refractivity contribution in [3.05, 3.63) is 11.3 Å². The fourth-order valence-electron chi connectivity index (χ4n) is 3.54. The van der Waals surface area contributed by atoms with Gasteiger partial charge in [-0.25, -0.2) is 22.4 Å². The summed E-state index contributed by atoms with van der Waals surface area (Å²) < 4.78 is 58.7. The summed E-state index contributed by atoms with van der Waals surface area (Å²) in [5.74, 6) is -5.49. The molecule has 0 atom stereocenters. The van der Waals surface area contributed by atoms with E-state index in [1.807, 2.05) is 20.8 Å². The highest BCUT2D eigenvalue weighted by Crippen LogP contribution is 2.51. The maximum atomic E-state index is 13.3. The Morgan fingerprint density at radius 3 is 2.15 bits per heavy atom. The van der Waals surface area contributed by atoms with Gasteiger partial charge in [-0.1, -0.05) is 20.8 Å². The first-order valence-electron chi connectivity index (χ1n) is 8.58. The highest BCUT2D eigenvalue weighted by atomic mass is 19.3. The van der Waals surface area contributed by atoms with Crippen LogP contribution in [-0.2, 0) is 17.2 Å². The summed E-state index contributed by atoms with van der Waals surface area (Å²) in [7, 11) is 1.60. The molecule has 1 aromatic rings. The van der Waals surface area contributed by atoms with Gasteiger partial charge >= 0.3 is 6.09 Å². The van der Waals surface area contributed by atoms with Gasteiger partial charge in [0.25, 0.3) is 5.92 Å². The molecule has 0 saturated heterocycles. The molecule has 3 rings (SSSR count). The van der Waals surface area contributed by atoms with Gasteiger partial charge < -0.3 is 4.74 Å². The zero-order valence-corrected chi connectivity index (χ0v) is 15.2. The lowest BCUT2D eigenvalue weighted by Crippen LogP contribution is -2.43. The van der Waals surface area contributed by atoms with E-state index < -0.39 is 42.3 Å². The highest BCUT2D eigenvalue weighted by molar-refractivity contribution is 5.85. The summed E-state index contributed by atoms with van der Waals surface area (Å²) in [6.07, 6.45) is -3.17. The van der Waals surface area contributed by atoms with Gasteiger partial charge in [-0.3, -0.25) is 10.00 Å². The minimum Gasteiger partial charge on any atom is -0.445 e. The first-order valence-corrected chi connectivity index (χ1v) is 8.58. The van der Waals surface area contributed by atoms with Crippen molar-refractivity contribution in [3.63, 3.8) is 0 Å². The molecule has 1 amide bonds. The monoisotopic (exact) mass is 377 g/mol. The number of hydrogen-bond acceptors (Lipinski definition) is 3. The second kappa shape index (κ2) is 5.85. The van der Waals surface area contributed by atoms with Crippen molar-refractivity contribution >= 4 is 11.9 Å². The first-order chi connectivity index (χ1) is 11.8. The van der Waals surface area contributed by atoms with E-state index in [1.54, 1.807) is 7.05 Å². The molecule has 146 valence electrons. The smallest absolute Gasteiger partial charge is 0.413 e. The van der Waals surface area contributed by atoms with Gasteiger partial charge in [-0.2, -0.15) is 5.10 Å². The topological polar surface area (TPSA) is 56.2 Å².